The van der Waals surface area contributed by atoms with Gasteiger partial charge in [-0.05, 0) is 25.7 Å². The molecule has 2 nitrogen and oxygen atoms in total. The third-order valence-electron chi connectivity index (χ3n) is 3.92. The maximum atomic E-state index is 10.4. The number of hydrogen-bond acceptors (Lipinski definition) is 2. The van der Waals surface area contributed by atoms with E-state index in [1.807, 2.05) is 0 Å². The van der Waals surface area contributed by atoms with E-state index in [0.29, 0.717) is 6.42 Å². The molecule has 74 valence electrons. The number of hydrogen-bond donors (Lipinski definition) is 2. The third kappa shape index (κ3) is 1.16. The quantitative estimate of drug-likeness (QED) is 0.605. The zero-order valence-corrected chi connectivity index (χ0v) is 8.05. The Balaban J connectivity index is 2.32. The highest BCUT2D eigenvalue weighted by Crippen LogP contribution is 2.56. The number of fused-ring (bicyclic) bond motifs is 1. The molecule has 2 atom stereocenters. The molecule has 0 aromatic rings. The van der Waals surface area contributed by atoms with Crippen molar-refractivity contribution in [3.63, 3.8) is 0 Å². The summed E-state index contributed by atoms with van der Waals surface area (Å²) in [5.74, 6) is 0. The molecule has 0 spiro atoms. The van der Waals surface area contributed by atoms with Crippen molar-refractivity contribution in [2.75, 3.05) is 6.61 Å². The van der Waals surface area contributed by atoms with Gasteiger partial charge in [0.05, 0.1) is 12.2 Å². The highest BCUT2D eigenvalue weighted by atomic mass is 16.3. The second-order valence-electron chi connectivity index (χ2n) is 4.78. The third-order valence-corrected chi connectivity index (χ3v) is 3.92. The molecule has 2 saturated carbocycles. The summed E-state index contributed by atoms with van der Waals surface area (Å²) in [6.45, 7) is 4.06. The highest BCUT2D eigenvalue weighted by Gasteiger charge is 2.55. The van der Waals surface area contributed by atoms with Gasteiger partial charge in [0.1, 0.15) is 0 Å². The smallest absolute Gasteiger partial charge is 0.0765 e. The molecule has 0 saturated heterocycles. The molecule has 0 bridgehead atoms. The van der Waals surface area contributed by atoms with E-state index in [1.165, 1.54) is 0 Å². The van der Waals surface area contributed by atoms with Crippen LogP contribution < -0.4 is 0 Å². The Morgan fingerprint density at radius 2 is 1.92 bits per heavy atom. The molecule has 0 heterocycles. The van der Waals surface area contributed by atoms with Crippen LogP contribution in [0.5, 0.6) is 0 Å². The van der Waals surface area contributed by atoms with Crippen molar-refractivity contribution in [3.8, 4) is 0 Å². The van der Waals surface area contributed by atoms with Crippen LogP contribution in [0.2, 0.25) is 0 Å². The summed E-state index contributed by atoms with van der Waals surface area (Å²) in [4.78, 5) is 0. The summed E-state index contributed by atoms with van der Waals surface area (Å²) in [5, 5.41) is 19.8. The fourth-order valence-corrected chi connectivity index (χ4v) is 3.14. The van der Waals surface area contributed by atoms with E-state index in [0.717, 1.165) is 37.7 Å². The summed E-state index contributed by atoms with van der Waals surface area (Å²) in [6.07, 6.45) is 5.54. The molecular formula is C11H18O2. The minimum atomic E-state index is -0.642. The Hall–Kier alpha value is -0.340. The van der Waals surface area contributed by atoms with E-state index in [9.17, 15) is 10.2 Å². The molecule has 0 aromatic carbocycles. The van der Waals surface area contributed by atoms with Gasteiger partial charge in [-0.3, -0.25) is 0 Å². The van der Waals surface area contributed by atoms with Gasteiger partial charge in [0.2, 0.25) is 0 Å². The van der Waals surface area contributed by atoms with Crippen molar-refractivity contribution >= 4 is 0 Å². The fraction of sp³-hybridized carbons (Fsp3) is 0.818. The fourth-order valence-electron chi connectivity index (χ4n) is 3.14. The lowest BCUT2D eigenvalue weighted by Crippen LogP contribution is -2.48. The Labute approximate surface area is 79.3 Å². The maximum absolute atomic E-state index is 10.4. The molecule has 2 heteroatoms. The predicted octanol–water partition coefficient (Wildman–Crippen LogP) is 1.62. The topological polar surface area (TPSA) is 40.5 Å². The zero-order valence-electron chi connectivity index (χ0n) is 8.05. The van der Waals surface area contributed by atoms with Crippen molar-refractivity contribution in [1.82, 2.24) is 0 Å². The zero-order chi connectivity index (χ0) is 9.53. The monoisotopic (exact) mass is 182 g/mol. The summed E-state index contributed by atoms with van der Waals surface area (Å²) in [5.41, 5.74) is 0.220. The first-order valence-corrected chi connectivity index (χ1v) is 5.12. The Morgan fingerprint density at radius 3 is 2.54 bits per heavy atom. The van der Waals surface area contributed by atoms with E-state index in [2.05, 4.69) is 6.58 Å². The summed E-state index contributed by atoms with van der Waals surface area (Å²) >= 11 is 0. The Kier molecular flexibility index (Phi) is 2.00. The van der Waals surface area contributed by atoms with E-state index in [-0.39, 0.29) is 12.0 Å². The lowest BCUT2D eigenvalue weighted by Gasteiger charge is -2.44. The second kappa shape index (κ2) is 2.82. The second-order valence-corrected chi connectivity index (χ2v) is 4.78. The highest BCUT2D eigenvalue weighted by molar-refractivity contribution is 5.20. The molecule has 0 amide bonds. The van der Waals surface area contributed by atoms with E-state index in [1.54, 1.807) is 0 Å². The average molecular weight is 182 g/mol. The van der Waals surface area contributed by atoms with Crippen LogP contribution in [0, 0.1) is 5.41 Å². The molecule has 2 fully saturated rings. The van der Waals surface area contributed by atoms with Gasteiger partial charge >= 0.3 is 0 Å². The van der Waals surface area contributed by atoms with E-state index in [4.69, 9.17) is 0 Å². The Bertz CT molecular complexity index is 236. The van der Waals surface area contributed by atoms with Gasteiger partial charge in [-0.1, -0.05) is 25.0 Å². The van der Waals surface area contributed by atoms with Gasteiger partial charge in [0.15, 0.2) is 0 Å². The van der Waals surface area contributed by atoms with E-state index < -0.39 is 5.60 Å². The number of aliphatic hydroxyl groups excluding tert-OH is 1. The summed E-state index contributed by atoms with van der Waals surface area (Å²) in [6, 6.07) is 0. The average Bonchev–Trinajstić information content (AvgIpc) is 2.35. The lowest BCUT2D eigenvalue weighted by atomic mass is 9.65. The van der Waals surface area contributed by atoms with Crippen LogP contribution in [0.25, 0.3) is 0 Å². The summed E-state index contributed by atoms with van der Waals surface area (Å²) < 4.78 is 0. The molecular weight excluding hydrogens is 164 g/mol. The van der Waals surface area contributed by atoms with Crippen molar-refractivity contribution in [2.45, 2.75) is 44.1 Å². The van der Waals surface area contributed by atoms with Gasteiger partial charge in [0.25, 0.3) is 0 Å². The number of rotatable bonds is 1. The van der Waals surface area contributed by atoms with Gasteiger partial charge in [-0.25, -0.2) is 0 Å². The van der Waals surface area contributed by atoms with Crippen LogP contribution in [0.4, 0.5) is 0 Å². The van der Waals surface area contributed by atoms with Gasteiger partial charge in [-0.2, -0.15) is 0 Å². The van der Waals surface area contributed by atoms with Crippen molar-refractivity contribution in [1.29, 1.82) is 0 Å². The Morgan fingerprint density at radius 1 is 1.23 bits per heavy atom. The normalized spacial score (nSPS) is 44.9. The molecule has 2 N–H and O–H groups in total. The molecule has 0 radical (unpaired) electrons. The molecule has 2 rings (SSSR count). The SMILES string of the molecule is C=C1CC2(O)CCCCC2(CO)C1. The lowest BCUT2D eigenvalue weighted by molar-refractivity contribution is -0.114. The van der Waals surface area contributed by atoms with Crippen LogP contribution in [-0.4, -0.2) is 22.4 Å². The van der Waals surface area contributed by atoms with Crippen LogP contribution in [0.15, 0.2) is 12.2 Å². The van der Waals surface area contributed by atoms with Crippen LogP contribution in [0.1, 0.15) is 38.5 Å². The maximum Gasteiger partial charge on any atom is 0.0765 e. The van der Waals surface area contributed by atoms with Gasteiger partial charge in [0, 0.05) is 5.41 Å². The molecule has 0 aromatic heterocycles. The van der Waals surface area contributed by atoms with Gasteiger partial charge in [-0.15, -0.1) is 0 Å². The molecule has 0 aliphatic heterocycles. The first-order chi connectivity index (χ1) is 6.12. The van der Waals surface area contributed by atoms with Crippen molar-refractivity contribution < 1.29 is 10.2 Å². The minimum Gasteiger partial charge on any atom is -0.396 e. The minimum absolute atomic E-state index is 0.114. The summed E-state index contributed by atoms with van der Waals surface area (Å²) in [7, 11) is 0. The van der Waals surface area contributed by atoms with Crippen LogP contribution >= 0.6 is 0 Å². The first-order valence-electron chi connectivity index (χ1n) is 5.12. The first kappa shape index (κ1) is 9.22. The molecule has 2 aliphatic rings. The van der Waals surface area contributed by atoms with Crippen LogP contribution in [0.3, 0.4) is 0 Å². The van der Waals surface area contributed by atoms with Crippen molar-refractivity contribution in [2.24, 2.45) is 5.41 Å². The molecule has 2 aliphatic carbocycles. The number of aliphatic hydroxyl groups is 2. The predicted molar refractivity (Wildman–Crippen MR) is 51.3 cm³/mol. The van der Waals surface area contributed by atoms with E-state index >= 15 is 0 Å². The largest absolute Gasteiger partial charge is 0.396 e. The standard InChI is InChI=1S/C11H18O2/c1-9-6-10(8-12)4-2-3-5-11(10,13)7-9/h12-13H,1-8H2. The molecule has 13 heavy (non-hydrogen) atoms. The van der Waals surface area contributed by atoms with Crippen molar-refractivity contribution in [3.05, 3.63) is 12.2 Å². The van der Waals surface area contributed by atoms with Gasteiger partial charge < -0.3 is 10.2 Å². The molecule has 2 unspecified atom stereocenters. The van der Waals surface area contributed by atoms with Crippen LogP contribution in [-0.2, 0) is 0 Å².